The number of nitrogens with one attached hydrogen (secondary N) is 1. The van der Waals surface area contributed by atoms with E-state index in [1.165, 1.54) is 32.1 Å². The highest BCUT2D eigenvalue weighted by molar-refractivity contribution is 5.17. The summed E-state index contributed by atoms with van der Waals surface area (Å²) in [5.74, 6) is 0. The van der Waals surface area contributed by atoms with Crippen LogP contribution in [0.3, 0.4) is 0 Å². The topological polar surface area (TPSA) is 12.0 Å². The van der Waals surface area contributed by atoms with E-state index in [0.717, 1.165) is 5.56 Å². The molecule has 0 radical (unpaired) electrons. The van der Waals surface area contributed by atoms with Crippen LogP contribution in [0.15, 0.2) is 30.3 Å². The molecule has 0 heterocycles. The summed E-state index contributed by atoms with van der Waals surface area (Å²) in [6.45, 7) is 0.453. The van der Waals surface area contributed by atoms with Crippen LogP contribution in [-0.4, -0.2) is 12.6 Å². The minimum atomic E-state index is -0.872. The molecule has 1 saturated carbocycles. The van der Waals surface area contributed by atoms with Gasteiger partial charge < -0.3 is 5.32 Å². The maximum Gasteiger partial charge on any atom is 0.137 e. The first-order valence-electron chi connectivity index (χ1n) is 6.28. The van der Waals surface area contributed by atoms with Crippen LogP contribution in [0, 0.1) is 0 Å². The highest BCUT2D eigenvalue weighted by Crippen LogP contribution is 2.20. The van der Waals surface area contributed by atoms with Crippen molar-refractivity contribution >= 4 is 0 Å². The van der Waals surface area contributed by atoms with E-state index in [0.29, 0.717) is 12.6 Å². The molecule has 1 nitrogen and oxygen atoms in total. The van der Waals surface area contributed by atoms with Crippen LogP contribution in [-0.2, 0) is 0 Å². The van der Waals surface area contributed by atoms with Crippen LogP contribution in [0.4, 0.5) is 4.39 Å². The van der Waals surface area contributed by atoms with E-state index < -0.39 is 6.17 Å². The Labute approximate surface area is 97.1 Å². The molecule has 1 fully saturated rings. The predicted octanol–water partition coefficient (Wildman–Crippen LogP) is 3.62. The van der Waals surface area contributed by atoms with Gasteiger partial charge in [0.2, 0.25) is 0 Å². The average Bonchev–Trinajstić information content (AvgIpc) is 2.38. The van der Waals surface area contributed by atoms with Gasteiger partial charge in [-0.15, -0.1) is 0 Å². The first kappa shape index (κ1) is 11.6. The summed E-state index contributed by atoms with van der Waals surface area (Å²) in [5, 5.41) is 3.34. The molecule has 1 aromatic rings. The fraction of sp³-hybridized carbons (Fsp3) is 0.571. The Morgan fingerprint density at radius 3 is 2.50 bits per heavy atom. The van der Waals surface area contributed by atoms with Crippen molar-refractivity contribution in [2.24, 2.45) is 0 Å². The molecule has 0 aromatic heterocycles. The Morgan fingerprint density at radius 2 is 1.81 bits per heavy atom. The van der Waals surface area contributed by atoms with Crippen molar-refractivity contribution in [3.05, 3.63) is 35.9 Å². The van der Waals surface area contributed by atoms with E-state index in [2.05, 4.69) is 5.32 Å². The van der Waals surface area contributed by atoms with Crippen molar-refractivity contribution < 1.29 is 4.39 Å². The van der Waals surface area contributed by atoms with Crippen molar-refractivity contribution in [2.75, 3.05) is 6.54 Å². The molecule has 1 aliphatic rings. The molecule has 0 bridgehead atoms. The van der Waals surface area contributed by atoms with Crippen LogP contribution in [0.1, 0.15) is 43.8 Å². The van der Waals surface area contributed by atoms with Gasteiger partial charge in [0.25, 0.3) is 0 Å². The quantitative estimate of drug-likeness (QED) is 0.818. The third kappa shape index (κ3) is 3.31. The van der Waals surface area contributed by atoms with Gasteiger partial charge in [0.15, 0.2) is 0 Å². The number of alkyl halides is 1. The van der Waals surface area contributed by atoms with E-state index >= 15 is 0 Å². The van der Waals surface area contributed by atoms with Gasteiger partial charge in [-0.1, -0.05) is 49.6 Å². The number of hydrogen-bond acceptors (Lipinski definition) is 1. The van der Waals surface area contributed by atoms with Gasteiger partial charge in [0, 0.05) is 12.6 Å². The molecule has 0 spiro atoms. The molecule has 0 amide bonds. The van der Waals surface area contributed by atoms with Crippen LogP contribution < -0.4 is 5.32 Å². The van der Waals surface area contributed by atoms with Gasteiger partial charge in [-0.2, -0.15) is 0 Å². The molecule has 1 aliphatic carbocycles. The minimum absolute atomic E-state index is 0.453. The van der Waals surface area contributed by atoms with Gasteiger partial charge in [-0.25, -0.2) is 4.39 Å². The highest BCUT2D eigenvalue weighted by atomic mass is 19.1. The molecule has 1 N–H and O–H groups in total. The second kappa shape index (κ2) is 6.00. The van der Waals surface area contributed by atoms with Crippen molar-refractivity contribution in [2.45, 2.75) is 44.3 Å². The van der Waals surface area contributed by atoms with Gasteiger partial charge in [-0.3, -0.25) is 0 Å². The Balaban J connectivity index is 1.77. The minimum Gasteiger partial charge on any atom is -0.311 e. The van der Waals surface area contributed by atoms with E-state index in [4.69, 9.17) is 0 Å². The fourth-order valence-electron chi connectivity index (χ4n) is 2.36. The van der Waals surface area contributed by atoms with E-state index in [9.17, 15) is 4.39 Å². The van der Waals surface area contributed by atoms with E-state index in [1.807, 2.05) is 30.3 Å². The van der Waals surface area contributed by atoms with Crippen LogP contribution in [0.2, 0.25) is 0 Å². The van der Waals surface area contributed by atoms with Gasteiger partial charge in [0.05, 0.1) is 0 Å². The fourth-order valence-corrected chi connectivity index (χ4v) is 2.36. The zero-order valence-corrected chi connectivity index (χ0v) is 9.66. The molecule has 0 aliphatic heterocycles. The summed E-state index contributed by atoms with van der Waals surface area (Å²) in [7, 11) is 0. The third-order valence-electron chi connectivity index (χ3n) is 3.35. The molecular formula is C14H20FN. The summed E-state index contributed by atoms with van der Waals surface area (Å²) >= 11 is 0. The molecule has 0 saturated heterocycles. The molecule has 88 valence electrons. The molecule has 1 unspecified atom stereocenters. The van der Waals surface area contributed by atoms with Gasteiger partial charge in [-0.05, 0) is 18.4 Å². The van der Waals surface area contributed by atoms with Crippen LogP contribution in [0.5, 0.6) is 0 Å². The summed E-state index contributed by atoms with van der Waals surface area (Å²) in [6.07, 6.45) is 5.47. The zero-order chi connectivity index (χ0) is 11.2. The maximum absolute atomic E-state index is 13.8. The summed E-state index contributed by atoms with van der Waals surface area (Å²) in [5.41, 5.74) is 0.783. The standard InChI is InChI=1S/C14H20FN/c15-14(12-7-3-1-4-8-12)11-16-13-9-5-2-6-10-13/h1,3-4,7-8,13-14,16H,2,5-6,9-11H2. The molecular weight excluding hydrogens is 201 g/mol. The van der Waals surface area contributed by atoms with Crippen molar-refractivity contribution in [1.29, 1.82) is 0 Å². The lowest BCUT2D eigenvalue weighted by Gasteiger charge is -2.23. The molecule has 2 heteroatoms. The predicted molar refractivity (Wildman–Crippen MR) is 65.2 cm³/mol. The van der Waals surface area contributed by atoms with Gasteiger partial charge in [0.1, 0.15) is 6.17 Å². The number of halogens is 1. The first-order valence-corrected chi connectivity index (χ1v) is 6.28. The average molecular weight is 221 g/mol. The summed E-state index contributed by atoms with van der Waals surface area (Å²) in [4.78, 5) is 0. The Morgan fingerprint density at radius 1 is 1.12 bits per heavy atom. The van der Waals surface area contributed by atoms with Crippen molar-refractivity contribution in [3.63, 3.8) is 0 Å². The third-order valence-corrected chi connectivity index (χ3v) is 3.35. The highest BCUT2D eigenvalue weighted by Gasteiger charge is 2.15. The van der Waals surface area contributed by atoms with Gasteiger partial charge >= 0.3 is 0 Å². The second-order valence-corrected chi connectivity index (χ2v) is 4.62. The Bertz CT molecular complexity index is 293. The second-order valence-electron chi connectivity index (χ2n) is 4.62. The Kier molecular flexibility index (Phi) is 4.34. The lowest BCUT2D eigenvalue weighted by Crippen LogP contribution is -2.33. The van der Waals surface area contributed by atoms with E-state index in [-0.39, 0.29) is 0 Å². The Hall–Kier alpha value is -0.890. The lowest BCUT2D eigenvalue weighted by molar-refractivity contribution is 0.289. The monoisotopic (exact) mass is 221 g/mol. The van der Waals surface area contributed by atoms with Crippen molar-refractivity contribution in [1.82, 2.24) is 5.32 Å². The number of hydrogen-bond donors (Lipinski definition) is 1. The zero-order valence-electron chi connectivity index (χ0n) is 9.66. The largest absolute Gasteiger partial charge is 0.311 e. The number of rotatable bonds is 4. The molecule has 1 aromatic carbocycles. The van der Waals surface area contributed by atoms with Crippen molar-refractivity contribution in [3.8, 4) is 0 Å². The molecule has 2 rings (SSSR count). The van der Waals surface area contributed by atoms with E-state index in [1.54, 1.807) is 0 Å². The normalized spacial score (nSPS) is 19.6. The summed E-state index contributed by atoms with van der Waals surface area (Å²) < 4.78 is 13.8. The van der Waals surface area contributed by atoms with Crippen LogP contribution >= 0.6 is 0 Å². The molecule has 1 atom stereocenters. The maximum atomic E-state index is 13.8. The molecule has 16 heavy (non-hydrogen) atoms. The number of benzene rings is 1. The first-order chi connectivity index (χ1) is 7.86. The lowest BCUT2D eigenvalue weighted by atomic mass is 9.95. The summed E-state index contributed by atoms with van der Waals surface area (Å²) in [6, 6.07) is 9.95. The smallest absolute Gasteiger partial charge is 0.137 e. The SMILES string of the molecule is FC(CNC1CCCCC1)c1ccccc1. The van der Waals surface area contributed by atoms with Crippen LogP contribution in [0.25, 0.3) is 0 Å².